The molecular weight excluding hydrogens is 388 g/mol. The molecule has 1 N–H and O–H groups in total. The number of nitrogens with one attached hydrogen (secondary N) is 1. The fraction of sp³-hybridized carbons (Fsp3) is 0.182. The first-order valence-corrected chi connectivity index (χ1v) is 9.18. The van der Waals surface area contributed by atoms with Crippen LogP contribution in [0.5, 0.6) is 5.75 Å². The van der Waals surface area contributed by atoms with Crippen molar-refractivity contribution in [3.05, 3.63) is 76.3 Å². The van der Waals surface area contributed by atoms with Gasteiger partial charge in [0.05, 0.1) is 24.5 Å². The Morgan fingerprint density at radius 2 is 1.80 bits per heavy atom. The van der Waals surface area contributed by atoms with Crippen molar-refractivity contribution in [1.82, 2.24) is 0 Å². The van der Waals surface area contributed by atoms with Gasteiger partial charge < -0.3 is 14.8 Å². The van der Waals surface area contributed by atoms with Crippen LogP contribution in [0, 0.1) is 10.1 Å². The highest BCUT2D eigenvalue weighted by Gasteiger charge is 2.22. The Balaban J connectivity index is 1.63. The first-order chi connectivity index (χ1) is 14.4. The second kappa shape index (κ2) is 9.04. The van der Waals surface area contributed by atoms with Crippen molar-refractivity contribution in [2.24, 2.45) is 0 Å². The van der Waals surface area contributed by atoms with Crippen LogP contribution < -0.4 is 10.1 Å². The number of benzene rings is 3. The molecule has 8 nitrogen and oxygen atoms in total. The average Bonchev–Trinajstić information content (AvgIpc) is 2.73. The predicted molar refractivity (Wildman–Crippen MR) is 111 cm³/mol. The van der Waals surface area contributed by atoms with E-state index in [1.54, 1.807) is 0 Å². The zero-order chi connectivity index (χ0) is 21.7. The van der Waals surface area contributed by atoms with Crippen LogP contribution in [0.3, 0.4) is 0 Å². The fourth-order valence-electron chi connectivity index (χ4n) is 2.94. The summed E-state index contributed by atoms with van der Waals surface area (Å²) >= 11 is 0. The summed E-state index contributed by atoms with van der Waals surface area (Å²) in [6.07, 6.45) is -1.12. The van der Waals surface area contributed by atoms with Crippen molar-refractivity contribution >= 4 is 34.0 Å². The molecule has 3 rings (SSSR count). The lowest BCUT2D eigenvalue weighted by atomic mass is 10.1. The van der Waals surface area contributed by atoms with E-state index in [2.05, 4.69) is 5.32 Å². The van der Waals surface area contributed by atoms with E-state index in [1.807, 2.05) is 42.5 Å². The molecule has 1 amide bonds. The van der Waals surface area contributed by atoms with Gasteiger partial charge in [-0.1, -0.05) is 42.5 Å². The average molecular weight is 408 g/mol. The van der Waals surface area contributed by atoms with E-state index in [1.165, 1.54) is 32.2 Å². The number of hydrogen-bond donors (Lipinski definition) is 1. The van der Waals surface area contributed by atoms with Crippen molar-refractivity contribution in [3.8, 4) is 5.75 Å². The van der Waals surface area contributed by atoms with E-state index in [0.717, 1.165) is 16.3 Å². The third-order valence-electron chi connectivity index (χ3n) is 4.50. The molecule has 1 atom stereocenters. The second-order valence-corrected chi connectivity index (χ2v) is 6.62. The maximum atomic E-state index is 12.4. The smallest absolute Gasteiger partial charge is 0.311 e. The molecule has 0 saturated heterocycles. The zero-order valence-corrected chi connectivity index (χ0v) is 16.5. The zero-order valence-electron chi connectivity index (χ0n) is 16.5. The Labute approximate surface area is 172 Å². The number of carbonyl (C=O) groups is 2. The van der Waals surface area contributed by atoms with E-state index < -0.39 is 22.9 Å². The normalized spacial score (nSPS) is 11.5. The number of nitrogens with zero attached hydrogens (tertiary/aromatic N) is 1. The summed E-state index contributed by atoms with van der Waals surface area (Å²) in [5.74, 6) is -0.957. The van der Waals surface area contributed by atoms with Crippen LogP contribution >= 0.6 is 0 Å². The number of amides is 1. The van der Waals surface area contributed by atoms with Gasteiger partial charge >= 0.3 is 5.97 Å². The van der Waals surface area contributed by atoms with Gasteiger partial charge in [0, 0.05) is 0 Å². The number of rotatable bonds is 7. The van der Waals surface area contributed by atoms with E-state index in [9.17, 15) is 19.7 Å². The van der Waals surface area contributed by atoms with Gasteiger partial charge in [0.2, 0.25) is 0 Å². The van der Waals surface area contributed by atoms with Crippen LogP contribution in [0.2, 0.25) is 0 Å². The number of esters is 1. The van der Waals surface area contributed by atoms with Crippen molar-refractivity contribution in [1.29, 1.82) is 0 Å². The molecule has 0 aliphatic rings. The van der Waals surface area contributed by atoms with E-state index in [4.69, 9.17) is 9.47 Å². The highest BCUT2D eigenvalue weighted by Crippen LogP contribution is 2.29. The molecule has 30 heavy (non-hydrogen) atoms. The number of nitro groups is 1. The van der Waals surface area contributed by atoms with Crippen LogP contribution in [0.25, 0.3) is 10.8 Å². The summed E-state index contributed by atoms with van der Waals surface area (Å²) in [7, 11) is 1.38. The van der Waals surface area contributed by atoms with Crippen molar-refractivity contribution in [2.75, 3.05) is 12.4 Å². The first-order valence-electron chi connectivity index (χ1n) is 9.18. The third kappa shape index (κ3) is 4.91. The number of ether oxygens (including phenoxy) is 2. The number of nitro benzene ring substituents is 1. The summed E-state index contributed by atoms with van der Waals surface area (Å²) in [4.78, 5) is 35.2. The molecule has 3 aromatic rings. The maximum Gasteiger partial charge on any atom is 0.311 e. The molecule has 0 bridgehead atoms. The molecule has 0 saturated carbocycles. The van der Waals surface area contributed by atoms with Gasteiger partial charge in [-0.05, 0) is 35.4 Å². The molecule has 0 aliphatic carbocycles. The van der Waals surface area contributed by atoms with Gasteiger partial charge in [-0.25, -0.2) is 0 Å². The van der Waals surface area contributed by atoms with E-state index in [0.29, 0.717) is 0 Å². The number of fused-ring (bicyclic) bond motifs is 1. The molecule has 8 heteroatoms. The molecule has 0 radical (unpaired) electrons. The fourth-order valence-corrected chi connectivity index (χ4v) is 2.94. The van der Waals surface area contributed by atoms with Gasteiger partial charge in [-0.2, -0.15) is 0 Å². The Kier molecular flexibility index (Phi) is 6.26. The maximum absolute atomic E-state index is 12.4. The van der Waals surface area contributed by atoms with Crippen LogP contribution in [0.15, 0.2) is 60.7 Å². The second-order valence-electron chi connectivity index (χ2n) is 6.62. The first kappa shape index (κ1) is 20.8. The van der Waals surface area contributed by atoms with Gasteiger partial charge in [0.25, 0.3) is 11.6 Å². The van der Waals surface area contributed by atoms with Crippen LogP contribution in [-0.2, 0) is 20.7 Å². The lowest BCUT2D eigenvalue weighted by Gasteiger charge is -2.14. The summed E-state index contributed by atoms with van der Waals surface area (Å²) < 4.78 is 10.2. The molecule has 0 aliphatic heterocycles. The Morgan fingerprint density at radius 3 is 2.50 bits per heavy atom. The Bertz CT molecular complexity index is 1110. The topological polar surface area (TPSA) is 108 Å². The highest BCUT2D eigenvalue weighted by molar-refractivity contribution is 5.97. The van der Waals surface area contributed by atoms with Gasteiger partial charge in [-0.15, -0.1) is 0 Å². The highest BCUT2D eigenvalue weighted by atomic mass is 16.6. The van der Waals surface area contributed by atoms with Crippen LogP contribution in [0.1, 0.15) is 12.5 Å². The SMILES string of the molecule is COc1ccc(NC(=O)[C@@H](C)OC(=O)Cc2ccc3ccccc3c2)c([N+](=O)[O-])c1. The standard InChI is InChI=1S/C22H20N2O6/c1-14(22(26)23-19-10-9-18(29-2)13-20(19)24(27)28)30-21(25)12-15-7-8-16-5-3-4-6-17(16)11-15/h3-11,13-14H,12H2,1-2H3,(H,23,26)/t14-/m1/s1. The monoisotopic (exact) mass is 408 g/mol. The van der Waals surface area contributed by atoms with Gasteiger partial charge in [0.1, 0.15) is 11.4 Å². The van der Waals surface area contributed by atoms with Gasteiger partial charge in [-0.3, -0.25) is 19.7 Å². The Morgan fingerprint density at radius 1 is 1.07 bits per heavy atom. The minimum atomic E-state index is -1.13. The predicted octanol–water partition coefficient (Wildman–Crippen LogP) is 3.87. The quantitative estimate of drug-likeness (QED) is 0.361. The minimum absolute atomic E-state index is 0.00510. The molecule has 0 aromatic heterocycles. The van der Waals surface area contributed by atoms with Crippen molar-refractivity contribution < 1.29 is 24.0 Å². The van der Waals surface area contributed by atoms with Crippen molar-refractivity contribution in [2.45, 2.75) is 19.4 Å². The van der Waals surface area contributed by atoms with Crippen LogP contribution in [0.4, 0.5) is 11.4 Å². The number of carbonyl (C=O) groups excluding carboxylic acids is 2. The van der Waals surface area contributed by atoms with E-state index >= 15 is 0 Å². The van der Waals surface area contributed by atoms with Crippen molar-refractivity contribution in [3.63, 3.8) is 0 Å². The summed E-state index contributed by atoms with van der Waals surface area (Å²) in [6.45, 7) is 1.41. The summed E-state index contributed by atoms with van der Waals surface area (Å²) in [6, 6.07) is 17.4. The number of methoxy groups -OCH3 is 1. The largest absolute Gasteiger partial charge is 0.496 e. The van der Waals surface area contributed by atoms with Crippen LogP contribution in [-0.4, -0.2) is 30.0 Å². The molecule has 0 unspecified atom stereocenters. The summed E-state index contributed by atoms with van der Waals surface area (Å²) in [5.41, 5.74) is 0.428. The molecule has 154 valence electrons. The molecule has 3 aromatic carbocycles. The minimum Gasteiger partial charge on any atom is -0.496 e. The lowest BCUT2D eigenvalue weighted by Crippen LogP contribution is -2.30. The molecular formula is C22H20N2O6. The Hall–Kier alpha value is -3.94. The molecule has 0 heterocycles. The van der Waals surface area contributed by atoms with E-state index in [-0.39, 0.29) is 23.5 Å². The molecule has 0 fully saturated rings. The third-order valence-corrected chi connectivity index (χ3v) is 4.50. The number of anilines is 1. The lowest BCUT2D eigenvalue weighted by molar-refractivity contribution is -0.384. The summed E-state index contributed by atoms with van der Waals surface area (Å²) in [5, 5.41) is 15.7. The van der Waals surface area contributed by atoms with Gasteiger partial charge in [0.15, 0.2) is 6.10 Å². The molecule has 0 spiro atoms. The number of hydrogen-bond acceptors (Lipinski definition) is 6.